The molecule has 2 aromatic rings. The first-order chi connectivity index (χ1) is 8.77. The summed E-state index contributed by atoms with van der Waals surface area (Å²) in [5, 5.41) is 0. The van der Waals surface area contributed by atoms with Crippen LogP contribution in [0, 0.1) is 4.64 Å². The molecule has 3 nitrogen and oxygen atoms in total. The fourth-order valence-corrected chi connectivity index (χ4v) is 2.26. The summed E-state index contributed by atoms with van der Waals surface area (Å²) in [5.41, 5.74) is 3.12. The van der Waals surface area contributed by atoms with Gasteiger partial charge >= 0.3 is 0 Å². The summed E-state index contributed by atoms with van der Waals surface area (Å²) < 4.78 is 6.06. The maximum absolute atomic E-state index is 5.40. The zero-order valence-electron chi connectivity index (χ0n) is 10.6. The van der Waals surface area contributed by atoms with Crippen LogP contribution in [0.25, 0.3) is 11.3 Å². The molecule has 0 radical (unpaired) electrons. The minimum Gasteiger partial charge on any atom is -0.496 e. The van der Waals surface area contributed by atoms with Crippen LogP contribution in [-0.4, -0.2) is 17.1 Å². The molecule has 0 atom stereocenters. The highest BCUT2D eigenvalue weighted by Gasteiger charge is 2.11. The largest absolute Gasteiger partial charge is 0.496 e. The molecule has 1 heterocycles. The van der Waals surface area contributed by atoms with Crippen molar-refractivity contribution in [3.63, 3.8) is 0 Å². The van der Waals surface area contributed by atoms with Crippen molar-refractivity contribution >= 4 is 12.2 Å². The van der Waals surface area contributed by atoms with Crippen molar-refractivity contribution in [1.82, 2.24) is 9.97 Å². The minimum atomic E-state index is 0.663. The summed E-state index contributed by atoms with van der Waals surface area (Å²) in [6.45, 7) is 2.13. The molecule has 1 aromatic carbocycles. The van der Waals surface area contributed by atoms with Crippen molar-refractivity contribution in [2.24, 2.45) is 0 Å². The van der Waals surface area contributed by atoms with Crippen molar-refractivity contribution in [3.8, 4) is 17.0 Å². The van der Waals surface area contributed by atoms with Crippen molar-refractivity contribution < 1.29 is 4.74 Å². The Balaban J connectivity index is 2.63. The number of benzene rings is 1. The molecule has 0 saturated heterocycles. The summed E-state index contributed by atoms with van der Waals surface area (Å²) in [7, 11) is 1.67. The number of nitrogens with zero attached hydrogens (tertiary/aromatic N) is 1. The third-order valence-corrected chi connectivity index (χ3v) is 3.18. The van der Waals surface area contributed by atoms with E-state index in [0.29, 0.717) is 4.64 Å². The minimum absolute atomic E-state index is 0.663. The van der Waals surface area contributed by atoms with Gasteiger partial charge in [-0.3, -0.25) is 0 Å². The number of para-hydroxylation sites is 1. The second kappa shape index (κ2) is 5.78. The highest BCUT2D eigenvalue weighted by Crippen LogP contribution is 2.30. The van der Waals surface area contributed by atoms with Gasteiger partial charge in [0.2, 0.25) is 0 Å². The van der Waals surface area contributed by atoms with Crippen LogP contribution in [0.3, 0.4) is 0 Å². The summed E-state index contributed by atoms with van der Waals surface area (Å²) >= 11 is 5.31. The maximum Gasteiger partial charge on any atom is 0.133 e. The van der Waals surface area contributed by atoms with Crippen molar-refractivity contribution in [2.75, 3.05) is 7.11 Å². The molecule has 18 heavy (non-hydrogen) atoms. The van der Waals surface area contributed by atoms with Crippen LogP contribution in [0.1, 0.15) is 18.9 Å². The van der Waals surface area contributed by atoms with Gasteiger partial charge in [0, 0.05) is 11.1 Å². The second-order valence-corrected chi connectivity index (χ2v) is 4.40. The first-order valence-corrected chi connectivity index (χ1v) is 6.38. The van der Waals surface area contributed by atoms with Gasteiger partial charge in [-0.1, -0.05) is 37.7 Å². The number of nitrogens with one attached hydrogen (secondary N) is 1. The fraction of sp³-hybridized carbons (Fsp3) is 0.286. The van der Waals surface area contributed by atoms with Crippen LogP contribution in [0.5, 0.6) is 5.75 Å². The number of hydrogen-bond donors (Lipinski definition) is 1. The van der Waals surface area contributed by atoms with Crippen LogP contribution >= 0.6 is 12.2 Å². The van der Waals surface area contributed by atoms with Crippen LogP contribution in [0.4, 0.5) is 0 Å². The van der Waals surface area contributed by atoms with Crippen molar-refractivity contribution in [2.45, 2.75) is 19.8 Å². The Morgan fingerprint density at radius 3 is 2.83 bits per heavy atom. The summed E-state index contributed by atoms with van der Waals surface area (Å²) in [5.74, 6) is 0.840. The van der Waals surface area contributed by atoms with E-state index < -0.39 is 0 Å². The Kier molecular flexibility index (Phi) is 4.10. The van der Waals surface area contributed by atoms with Crippen LogP contribution in [0.15, 0.2) is 30.6 Å². The molecular weight excluding hydrogens is 244 g/mol. The Hall–Kier alpha value is -1.68. The number of ether oxygens (including phenoxy) is 1. The number of hydrogen-bond acceptors (Lipinski definition) is 3. The van der Waals surface area contributed by atoms with Gasteiger partial charge in [-0.05, 0) is 18.6 Å². The van der Waals surface area contributed by atoms with Gasteiger partial charge in [0.1, 0.15) is 10.4 Å². The highest BCUT2D eigenvalue weighted by molar-refractivity contribution is 7.71. The fourth-order valence-electron chi connectivity index (χ4n) is 2.00. The average Bonchev–Trinajstić information content (AvgIpc) is 2.41. The van der Waals surface area contributed by atoms with Gasteiger partial charge in [0.15, 0.2) is 0 Å². The lowest BCUT2D eigenvalue weighted by Crippen LogP contribution is -1.98. The van der Waals surface area contributed by atoms with E-state index in [1.807, 2.05) is 24.3 Å². The van der Waals surface area contributed by atoms with Gasteiger partial charge in [-0.25, -0.2) is 4.98 Å². The zero-order valence-corrected chi connectivity index (χ0v) is 11.4. The number of aromatic amines is 1. The molecule has 0 aliphatic heterocycles. The van der Waals surface area contributed by atoms with E-state index in [-0.39, 0.29) is 0 Å². The second-order valence-electron chi connectivity index (χ2n) is 4.01. The molecule has 0 bridgehead atoms. The zero-order chi connectivity index (χ0) is 13.0. The molecule has 0 aliphatic rings. The number of methoxy groups -OCH3 is 1. The quantitative estimate of drug-likeness (QED) is 0.850. The Morgan fingerprint density at radius 2 is 2.11 bits per heavy atom. The first-order valence-electron chi connectivity index (χ1n) is 5.97. The lowest BCUT2D eigenvalue weighted by Gasteiger charge is -2.12. The van der Waals surface area contributed by atoms with Gasteiger partial charge < -0.3 is 9.72 Å². The Morgan fingerprint density at radius 1 is 1.33 bits per heavy atom. The van der Waals surface area contributed by atoms with Crippen molar-refractivity contribution in [3.05, 3.63) is 40.8 Å². The van der Waals surface area contributed by atoms with E-state index in [0.717, 1.165) is 35.4 Å². The van der Waals surface area contributed by atoms with Crippen LogP contribution in [-0.2, 0) is 6.42 Å². The number of rotatable bonds is 4. The molecule has 94 valence electrons. The predicted octanol–water partition coefficient (Wildman–Crippen LogP) is 3.77. The third kappa shape index (κ3) is 2.43. The van der Waals surface area contributed by atoms with Gasteiger partial charge in [0.05, 0.1) is 19.1 Å². The molecule has 0 unspecified atom stereocenters. The summed E-state index contributed by atoms with van der Waals surface area (Å²) in [6.07, 6.45) is 3.59. The van der Waals surface area contributed by atoms with Gasteiger partial charge in [-0.2, -0.15) is 0 Å². The molecule has 0 aliphatic carbocycles. The molecule has 4 heteroatoms. The van der Waals surface area contributed by atoms with E-state index in [1.165, 1.54) is 0 Å². The van der Waals surface area contributed by atoms with E-state index >= 15 is 0 Å². The van der Waals surface area contributed by atoms with Crippen molar-refractivity contribution in [1.29, 1.82) is 0 Å². The van der Waals surface area contributed by atoms with Crippen LogP contribution < -0.4 is 4.74 Å². The predicted molar refractivity (Wildman–Crippen MR) is 75.4 cm³/mol. The summed E-state index contributed by atoms with van der Waals surface area (Å²) in [6, 6.07) is 7.92. The monoisotopic (exact) mass is 260 g/mol. The normalized spacial score (nSPS) is 10.3. The molecule has 2 rings (SSSR count). The average molecular weight is 260 g/mol. The van der Waals surface area contributed by atoms with Gasteiger partial charge in [-0.15, -0.1) is 0 Å². The molecule has 0 spiro atoms. The maximum atomic E-state index is 5.40. The molecule has 0 amide bonds. The highest BCUT2D eigenvalue weighted by atomic mass is 32.1. The Bertz CT molecular complexity index is 592. The smallest absolute Gasteiger partial charge is 0.133 e. The molecule has 0 fully saturated rings. The summed E-state index contributed by atoms with van der Waals surface area (Å²) in [4.78, 5) is 7.35. The lowest BCUT2D eigenvalue weighted by molar-refractivity contribution is 0.416. The van der Waals surface area contributed by atoms with Gasteiger partial charge in [0.25, 0.3) is 0 Å². The molecule has 1 aromatic heterocycles. The van der Waals surface area contributed by atoms with E-state index in [2.05, 4.69) is 16.9 Å². The number of aromatic nitrogens is 2. The van der Waals surface area contributed by atoms with Crippen LogP contribution in [0.2, 0.25) is 0 Å². The topological polar surface area (TPSA) is 37.9 Å². The lowest BCUT2D eigenvalue weighted by atomic mass is 10.0. The van der Waals surface area contributed by atoms with E-state index in [1.54, 1.807) is 13.4 Å². The molecular formula is C14H16N2OS. The standard InChI is InChI=1S/C14H16N2OS/c1-3-6-11-13(15-9-16-14(11)18)10-7-4-5-8-12(10)17-2/h4-5,7-9H,3,6H2,1-2H3,(H,15,16,18). The first kappa shape index (κ1) is 12.8. The third-order valence-electron chi connectivity index (χ3n) is 2.83. The molecule has 0 saturated carbocycles. The van der Waals surface area contributed by atoms with E-state index in [4.69, 9.17) is 17.0 Å². The van der Waals surface area contributed by atoms with E-state index in [9.17, 15) is 0 Å². The molecule has 1 N–H and O–H groups in total. The Labute approximate surface area is 112 Å². The number of H-pyrrole nitrogens is 1. The SMILES string of the molecule is CCCc1c(-c2ccccc2OC)[nH]cnc1=S.